The summed E-state index contributed by atoms with van der Waals surface area (Å²) >= 11 is 0. The van der Waals surface area contributed by atoms with Crippen LogP contribution in [0.3, 0.4) is 0 Å². The smallest absolute Gasteiger partial charge is 0.262 e. The van der Waals surface area contributed by atoms with Gasteiger partial charge in [-0.3, -0.25) is 19.4 Å². The van der Waals surface area contributed by atoms with Gasteiger partial charge < -0.3 is 46.6 Å². The summed E-state index contributed by atoms with van der Waals surface area (Å²) < 4.78 is 54.9. The Morgan fingerprint density at radius 3 is 1.24 bits per heavy atom. The highest BCUT2D eigenvalue weighted by atomic mass is 19.3. The maximum absolute atomic E-state index is 14.0. The summed E-state index contributed by atoms with van der Waals surface area (Å²) in [5.41, 5.74) is 36.0. The van der Waals surface area contributed by atoms with E-state index in [4.69, 9.17) is 76.3 Å². The number of hydroxylamine groups is 4. The Morgan fingerprint density at radius 2 is 0.833 bits per heavy atom. The van der Waals surface area contributed by atoms with E-state index in [1.807, 2.05) is 74.2 Å². The standard InChI is InChI=1S/C25H31N3O2.C24H31F2N3O3.2C24H35N3O2/c1-28-23(26)27-25(30-28)22-16-19(9-8-18-6-4-3-5-7-18)10-11-20(22)17-24(25)14-12-21(29-2)13-15-24;1-14(2)29-20(30)24(28-21(29)27)19-10-18(32-13-16-12-23(16,25)26)5-4-15(19)11-22(24)8-6-17(31-3)7-9-22;1-27-22(25)26-24(29-27)21-15-18(14-17-6-4-3-5-7-17)8-9-19(21)16-23(24)12-10-20(28-2)11-13-23;1-15(2)12-17-6-7-18-14-23(10-8-19(29-5)9-11-23)24(20(18)13-17)21(28)27(16(3)4)22(25)26-24/h3-7,10-11,16,21H,8-9,12-15,17H2,1-2H3,(H2,26,27);4-5,10,14,16-17H,6-9,11-13H2,1-3H3,(H2,27,28);8-9,15,17,20H,3-7,10-14,16H2,1-2H3,(H2,25,26);6-7,13,15-16,19H,8-12,14H2,1-5H3,(H2,25,26). The number of rotatable bonds is 16. The molecule has 19 rings (SSSR count). The molecule has 8 N–H and O–H groups in total. The molecule has 120 heavy (non-hydrogen) atoms. The largest absolute Gasteiger partial charge is 0.493 e. The number of aliphatic imine (C=N–C) groups is 4. The molecule has 23 heteroatoms. The fourth-order valence-electron chi connectivity index (χ4n) is 24.1. The van der Waals surface area contributed by atoms with Crippen LogP contribution in [-0.2, 0) is 112 Å². The summed E-state index contributed by atoms with van der Waals surface area (Å²) in [7, 11) is 10.9. The van der Waals surface area contributed by atoms with Crippen LogP contribution in [0.5, 0.6) is 5.75 Å². The Morgan fingerprint density at radius 1 is 0.450 bits per heavy atom. The van der Waals surface area contributed by atoms with Gasteiger partial charge in [-0.25, -0.2) is 48.6 Å². The van der Waals surface area contributed by atoms with Crippen LogP contribution in [0, 0.1) is 39.4 Å². The normalized spacial score (nSPS) is 32.9. The first-order chi connectivity index (χ1) is 57.5. The third-order valence-electron chi connectivity index (χ3n) is 30.8. The van der Waals surface area contributed by atoms with Crippen LogP contribution in [0.4, 0.5) is 8.78 Å². The number of methoxy groups -OCH3 is 4. The third kappa shape index (κ3) is 14.8. The molecule has 2 amide bonds. The van der Waals surface area contributed by atoms with Crippen LogP contribution in [0.1, 0.15) is 250 Å². The zero-order valence-corrected chi connectivity index (χ0v) is 73.2. The van der Waals surface area contributed by atoms with Crippen molar-refractivity contribution in [1.29, 1.82) is 0 Å². The van der Waals surface area contributed by atoms with Crippen molar-refractivity contribution in [3.8, 4) is 5.75 Å². The Kier molecular flexibility index (Phi) is 23.7. The van der Waals surface area contributed by atoms with E-state index in [1.54, 1.807) is 34.1 Å². The van der Waals surface area contributed by atoms with Crippen molar-refractivity contribution in [1.82, 2.24) is 19.9 Å². The summed E-state index contributed by atoms with van der Waals surface area (Å²) in [6, 6.07) is 36.9. The number of carbonyl (C=O) groups is 2. The molecule has 6 saturated carbocycles. The van der Waals surface area contributed by atoms with Crippen LogP contribution >= 0.6 is 0 Å². The van der Waals surface area contributed by atoms with Crippen LogP contribution in [0.15, 0.2) is 123 Å². The van der Waals surface area contributed by atoms with E-state index in [-0.39, 0.29) is 76.8 Å². The number of fused-ring (bicyclic) bond motifs is 12. The maximum atomic E-state index is 14.0. The summed E-state index contributed by atoms with van der Waals surface area (Å²) in [6.45, 7) is 12.3. The van der Waals surface area contributed by atoms with Crippen LogP contribution in [0.2, 0.25) is 0 Å². The van der Waals surface area contributed by atoms with Gasteiger partial charge in [-0.15, -0.1) is 0 Å². The molecule has 10 aliphatic carbocycles. The number of nitrogens with two attached hydrogens (primary N) is 4. The Balaban J connectivity index is 0.000000119. The number of ether oxygens (including phenoxy) is 5. The Bertz CT molecular complexity index is 4720. The number of aryl methyl sites for hydroxylation is 2. The number of hydrogen-bond acceptors (Lipinski definition) is 19. The predicted octanol–water partition coefficient (Wildman–Crippen LogP) is 15.6. The molecule has 14 aliphatic rings. The van der Waals surface area contributed by atoms with Gasteiger partial charge in [-0.2, -0.15) is 0 Å². The average Bonchev–Trinajstić information content (AvgIpc) is 1.52. The lowest BCUT2D eigenvalue weighted by Crippen LogP contribution is -2.53. The number of benzene rings is 5. The summed E-state index contributed by atoms with van der Waals surface area (Å²) in [6.07, 6.45) is 31.3. The van der Waals surface area contributed by atoms with Gasteiger partial charge in [0.25, 0.3) is 17.7 Å². The van der Waals surface area contributed by atoms with Gasteiger partial charge in [0.05, 0.1) is 36.9 Å². The molecule has 0 radical (unpaired) electrons. The quantitative estimate of drug-likeness (QED) is 0.0715. The minimum absolute atomic E-state index is 0.000820. The lowest BCUT2D eigenvalue weighted by atomic mass is 9.61. The molecule has 6 fully saturated rings. The van der Waals surface area contributed by atoms with Crippen molar-refractivity contribution in [3.63, 3.8) is 0 Å². The van der Waals surface area contributed by atoms with Gasteiger partial charge in [0.2, 0.25) is 23.4 Å². The molecule has 0 aromatic heterocycles. The molecule has 5 atom stereocenters. The summed E-state index contributed by atoms with van der Waals surface area (Å²) in [4.78, 5) is 64.2. The van der Waals surface area contributed by atoms with E-state index in [1.165, 1.54) is 88.6 Å². The van der Waals surface area contributed by atoms with E-state index in [2.05, 4.69) is 98.8 Å². The first-order valence-corrected chi connectivity index (χ1v) is 45.1. The molecule has 5 aromatic rings. The zero-order valence-electron chi connectivity index (χ0n) is 73.2. The number of hydrogen-bond donors (Lipinski definition) is 4. The first-order valence-electron chi connectivity index (χ1n) is 45.1. The monoisotopic (exact) mass is 1650 g/mol. The number of amides is 2. The van der Waals surface area contributed by atoms with Crippen molar-refractivity contribution in [2.75, 3.05) is 49.1 Å². The highest BCUT2D eigenvalue weighted by Gasteiger charge is 2.70. The summed E-state index contributed by atoms with van der Waals surface area (Å²) in [5.74, 6) is 0.0794. The third-order valence-corrected chi connectivity index (χ3v) is 30.8. The minimum atomic E-state index is -2.63. The molecular weight excluding hydrogens is 1520 g/mol. The fraction of sp³-hybridized carbons (Fsp3) is 0.629. The second-order valence-corrected chi connectivity index (χ2v) is 38.9. The lowest BCUT2D eigenvalue weighted by Gasteiger charge is -2.45. The number of halogens is 2. The average molecular weight is 1650 g/mol. The van der Waals surface area contributed by atoms with Crippen LogP contribution in [0.25, 0.3) is 0 Å². The molecule has 4 heterocycles. The van der Waals surface area contributed by atoms with Crippen molar-refractivity contribution in [3.05, 3.63) is 170 Å². The van der Waals surface area contributed by atoms with E-state index in [9.17, 15) is 18.4 Å². The van der Waals surface area contributed by atoms with Gasteiger partial charge >= 0.3 is 0 Å². The van der Waals surface area contributed by atoms with Gasteiger partial charge in [-0.1, -0.05) is 137 Å². The topological polar surface area (TPSA) is 265 Å². The van der Waals surface area contributed by atoms with E-state index in [0.717, 1.165) is 170 Å². The highest BCUT2D eigenvalue weighted by Crippen LogP contribution is 2.67. The molecule has 8 spiro atoms. The minimum Gasteiger partial charge on any atom is -0.493 e. The molecular formula is C97H132F2N12O9. The Hall–Kier alpha value is -8.06. The maximum Gasteiger partial charge on any atom is 0.262 e. The number of guanidine groups is 4. The van der Waals surface area contributed by atoms with Gasteiger partial charge in [0.15, 0.2) is 23.0 Å². The molecule has 0 bridgehead atoms. The van der Waals surface area contributed by atoms with Gasteiger partial charge in [0, 0.05) is 93.8 Å². The zero-order chi connectivity index (χ0) is 84.7. The number of carbonyl (C=O) groups excluding carboxylic acids is 2. The van der Waals surface area contributed by atoms with E-state index >= 15 is 0 Å². The second-order valence-electron chi connectivity index (χ2n) is 38.9. The molecule has 4 aliphatic heterocycles. The van der Waals surface area contributed by atoms with Crippen molar-refractivity contribution >= 4 is 35.7 Å². The molecule has 21 nitrogen and oxygen atoms in total. The predicted molar refractivity (Wildman–Crippen MR) is 463 cm³/mol. The van der Waals surface area contributed by atoms with Crippen LogP contribution in [-0.4, -0.2) is 147 Å². The molecule has 5 unspecified atom stereocenters. The van der Waals surface area contributed by atoms with Gasteiger partial charge in [-0.05, 0) is 261 Å². The van der Waals surface area contributed by atoms with Crippen molar-refractivity contribution < 1.29 is 51.7 Å². The summed E-state index contributed by atoms with van der Waals surface area (Å²) in [5, 5.41) is 3.32. The number of nitrogens with zero attached hydrogens (tertiary/aromatic N) is 8. The molecule has 648 valence electrons. The SMILES string of the molecule is COC1CCC2(CC1)Cc1ccc(CC(C)C)cc1C21N=C(N)N(C(C)C)C1=O.COC1CCC2(CC1)Cc1ccc(CC3CCCCC3)cc1C21N=C(N)N(C)O1.COC1CCC2(CC1)Cc1ccc(CCc3ccccc3)cc1C21N=C(N)N(C)O1.COC1CCC2(CC1)Cc1ccc(OCC3CC3(F)F)cc1C21N=C(N)N(C(C)C)C1=O. The Labute approximate surface area is 709 Å². The van der Waals surface area contributed by atoms with Crippen LogP contribution < -0.4 is 27.7 Å². The van der Waals surface area contributed by atoms with E-state index < -0.39 is 34.4 Å². The molecule has 0 saturated heterocycles. The number of alkyl halides is 2. The molecule has 5 aromatic carbocycles. The van der Waals surface area contributed by atoms with Crippen molar-refractivity contribution in [2.45, 2.75) is 299 Å². The fourth-order valence-corrected chi connectivity index (χ4v) is 24.1. The lowest BCUT2D eigenvalue weighted by molar-refractivity contribution is -0.232. The first kappa shape index (κ1) is 85.5. The second kappa shape index (κ2) is 33.2. The highest BCUT2D eigenvalue weighted by molar-refractivity contribution is 6.10. The van der Waals surface area contributed by atoms with E-state index in [0.29, 0.717) is 41.8 Å². The van der Waals surface area contributed by atoms with Crippen molar-refractivity contribution in [2.24, 2.45) is 82.3 Å². The van der Waals surface area contributed by atoms with Gasteiger partial charge in [0.1, 0.15) is 5.75 Å².